The molecule has 0 aliphatic heterocycles. The Labute approximate surface area is 167 Å². The van der Waals surface area contributed by atoms with Crippen LogP contribution in [0.25, 0.3) is 22.3 Å². The predicted octanol–water partition coefficient (Wildman–Crippen LogP) is 1.86. The summed E-state index contributed by atoms with van der Waals surface area (Å²) in [6.07, 6.45) is 1.22. The molecule has 3 rings (SSSR count). The minimum Gasteiger partial charge on any atom is -0.479 e. The Hall–Kier alpha value is -2.86. The number of primary sulfonamides is 2. The van der Waals surface area contributed by atoms with Gasteiger partial charge in [0.25, 0.3) is 0 Å². The van der Waals surface area contributed by atoms with Crippen LogP contribution in [-0.2, 0) is 20.0 Å². The third-order valence-electron chi connectivity index (χ3n) is 4.10. The molecule has 0 spiro atoms. The maximum absolute atomic E-state index is 14.1. The van der Waals surface area contributed by atoms with Gasteiger partial charge < -0.3 is 4.74 Å². The van der Waals surface area contributed by atoms with Gasteiger partial charge in [-0.2, -0.15) is 0 Å². The standard InChI is InChI=1S/C18H16FN3O5S2/c1-27-18-15(19)9-11(10-22-18)12-6-4-7-14(17(12)29(21,25)26)13-5-2-3-8-16(13)28(20,23)24/h2-10H,1H3,(H2,20,23,24)(H2,21,25,26). The summed E-state index contributed by atoms with van der Waals surface area (Å²) < 4.78 is 67.8. The fraction of sp³-hybridized carbons (Fsp3) is 0.0556. The predicted molar refractivity (Wildman–Crippen MR) is 104 cm³/mol. The molecule has 152 valence electrons. The molecule has 0 fully saturated rings. The summed E-state index contributed by atoms with van der Waals surface area (Å²) in [5.41, 5.74) is 0.208. The number of hydrogen-bond acceptors (Lipinski definition) is 6. The van der Waals surface area contributed by atoms with Crippen molar-refractivity contribution in [3.05, 3.63) is 60.5 Å². The van der Waals surface area contributed by atoms with Crippen LogP contribution in [0.1, 0.15) is 0 Å². The maximum atomic E-state index is 14.1. The highest BCUT2D eigenvalue weighted by molar-refractivity contribution is 7.89. The summed E-state index contributed by atoms with van der Waals surface area (Å²) in [4.78, 5) is 3.14. The van der Waals surface area contributed by atoms with E-state index in [4.69, 9.17) is 15.0 Å². The Kier molecular flexibility index (Phi) is 5.41. The second-order valence-corrected chi connectivity index (χ2v) is 9.01. The molecule has 0 saturated heterocycles. The number of ether oxygens (including phenoxy) is 1. The van der Waals surface area contributed by atoms with Crippen LogP contribution < -0.4 is 15.0 Å². The molecular formula is C18H16FN3O5S2. The second kappa shape index (κ2) is 7.52. The van der Waals surface area contributed by atoms with E-state index >= 15 is 0 Å². The van der Waals surface area contributed by atoms with E-state index in [1.54, 1.807) is 0 Å². The molecular weight excluding hydrogens is 421 g/mol. The maximum Gasteiger partial charge on any atom is 0.250 e. The molecule has 11 heteroatoms. The zero-order chi connectivity index (χ0) is 21.4. The van der Waals surface area contributed by atoms with Crippen LogP contribution in [0, 0.1) is 5.82 Å². The largest absolute Gasteiger partial charge is 0.479 e. The highest BCUT2D eigenvalue weighted by atomic mass is 32.2. The lowest BCUT2D eigenvalue weighted by atomic mass is 9.99. The molecule has 1 heterocycles. The van der Waals surface area contributed by atoms with Gasteiger partial charge in [0.1, 0.15) is 0 Å². The van der Waals surface area contributed by atoms with Crippen LogP contribution in [0.3, 0.4) is 0 Å². The molecule has 0 atom stereocenters. The van der Waals surface area contributed by atoms with Crippen molar-refractivity contribution in [3.63, 3.8) is 0 Å². The number of nitrogens with zero attached hydrogens (tertiary/aromatic N) is 1. The van der Waals surface area contributed by atoms with Crippen LogP contribution in [0.15, 0.2) is 64.5 Å². The minimum absolute atomic E-state index is 0.00542. The van der Waals surface area contributed by atoms with Gasteiger partial charge in [0.15, 0.2) is 5.82 Å². The number of halogens is 1. The van der Waals surface area contributed by atoms with Crippen LogP contribution in [-0.4, -0.2) is 28.9 Å². The normalized spacial score (nSPS) is 12.0. The van der Waals surface area contributed by atoms with Crippen molar-refractivity contribution >= 4 is 20.0 Å². The van der Waals surface area contributed by atoms with Gasteiger partial charge in [-0.05, 0) is 12.1 Å². The molecule has 2 aromatic carbocycles. The molecule has 0 aliphatic rings. The lowest BCUT2D eigenvalue weighted by Gasteiger charge is -2.16. The zero-order valence-corrected chi connectivity index (χ0v) is 16.7. The average molecular weight is 437 g/mol. The summed E-state index contributed by atoms with van der Waals surface area (Å²) in [6.45, 7) is 0. The number of benzene rings is 2. The Bertz CT molecular complexity index is 1310. The van der Waals surface area contributed by atoms with Gasteiger partial charge in [-0.15, -0.1) is 0 Å². The lowest BCUT2D eigenvalue weighted by Crippen LogP contribution is -2.17. The van der Waals surface area contributed by atoms with Gasteiger partial charge >= 0.3 is 0 Å². The van der Waals surface area contributed by atoms with Gasteiger partial charge in [-0.1, -0.05) is 36.4 Å². The first-order valence-electron chi connectivity index (χ1n) is 8.02. The highest BCUT2D eigenvalue weighted by Gasteiger charge is 2.25. The molecule has 0 saturated carbocycles. The summed E-state index contributed by atoms with van der Waals surface area (Å²) in [5, 5.41) is 10.7. The number of nitrogens with two attached hydrogens (primary N) is 2. The molecule has 0 aliphatic carbocycles. The number of sulfonamides is 2. The monoisotopic (exact) mass is 437 g/mol. The molecule has 8 nitrogen and oxygen atoms in total. The minimum atomic E-state index is -4.37. The number of aromatic nitrogens is 1. The van der Waals surface area contributed by atoms with Crippen LogP contribution in [0.2, 0.25) is 0 Å². The quantitative estimate of drug-likeness (QED) is 0.624. The van der Waals surface area contributed by atoms with E-state index in [0.717, 1.165) is 6.07 Å². The Morgan fingerprint density at radius 2 is 1.52 bits per heavy atom. The topological polar surface area (TPSA) is 142 Å². The highest BCUT2D eigenvalue weighted by Crippen LogP contribution is 2.38. The smallest absolute Gasteiger partial charge is 0.250 e. The van der Waals surface area contributed by atoms with Gasteiger partial charge in [-0.3, -0.25) is 0 Å². The van der Waals surface area contributed by atoms with E-state index in [0.29, 0.717) is 0 Å². The van der Waals surface area contributed by atoms with Gasteiger partial charge in [0.2, 0.25) is 25.9 Å². The van der Waals surface area contributed by atoms with E-state index in [1.165, 1.54) is 55.8 Å². The van der Waals surface area contributed by atoms with E-state index in [-0.39, 0.29) is 37.9 Å². The third-order valence-corrected chi connectivity index (χ3v) is 6.07. The fourth-order valence-corrected chi connectivity index (χ4v) is 4.67. The summed E-state index contributed by atoms with van der Waals surface area (Å²) >= 11 is 0. The molecule has 0 radical (unpaired) electrons. The fourth-order valence-electron chi connectivity index (χ4n) is 2.94. The van der Waals surface area contributed by atoms with E-state index < -0.39 is 25.9 Å². The molecule has 3 aromatic rings. The Morgan fingerprint density at radius 1 is 0.897 bits per heavy atom. The summed E-state index contributed by atoms with van der Waals surface area (Å²) in [6, 6.07) is 11.0. The Balaban J connectivity index is 2.39. The first kappa shape index (κ1) is 20.9. The number of rotatable bonds is 5. The molecule has 29 heavy (non-hydrogen) atoms. The van der Waals surface area contributed by atoms with E-state index in [9.17, 15) is 21.2 Å². The lowest BCUT2D eigenvalue weighted by molar-refractivity contribution is 0.369. The van der Waals surface area contributed by atoms with Crippen molar-refractivity contribution in [2.75, 3.05) is 7.11 Å². The molecule has 0 bridgehead atoms. The Morgan fingerprint density at radius 3 is 2.10 bits per heavy atom. The first-order chi connectivity index (χ1) is 13.5. The molecule has 0 amide bonds. The number of hydrogen-bond donors (Lipinski definition) is 2. The molecule has 4 N–H and O–H groups in total. The second-order valence-electron chi connectivity index (χ2n) is 5.98. The van der Waals surface area contributed by atoms with E-state index in [2.05, 4.69) is 4.98 Å². The molecule has 1 aromatic heterocycles. The van der Waals surface area contributed by atoms with Gasteiger partial charge in [0, 0.05) is 28.5 Å². The van der Waals surface area contributed by atoms with Crippen LogP contribution in [0.4, 0.5) is 4.39 Å². The van der Waals surface area contributed by atoms with Crippen molar-refractivity contribution < 1.29 is 26.0 Å². The van der Waals surface area contributed by atoms with Crippen molar-refractivity contribution in [3.8, 4) is 28.1 Å². The van der Waals surface area contributed by atoms with Gasteiger partial charge in [0.05, 0.1) is 16.9 Å². The third kappa shape index (κ3) is 4.12. The van der Waals surface area contributed by atoms with Crippen molar-refractivity contribution in [1.29, 1.82) is 0 Å². The first-order valence-corrected chi connectivity index (χ1v) is 11.1. The van der Waals surface area contributed by atoms with Crippen LogP contribution >= 0.6 is 0 Å². The van der Waals surface area contributed by atoms with Crippen molar-refractivity contribution in [1.82, 2.24) is 4.98 Å². The van der Waals surface area contributed by atoms with Crippen molar-refractivity contribution in [2.24, 2.45) is 10.3 Å². The van der Waals surface area contributed by atoms with Crippen LogP contribution in [0.5, 0.6) is 5.88 Å². The summed E-state index contributed by atoms with van der Waals surface area (Å²) in [5.74, 6) is -1.07. The number of pyridine rings is 1. The number of methoxy groups -OCH3 is 1. The van der Waals surface area contributed by atoms with Gasteiger partial charge in [-0.25, -0.2) is 36.5 Å². The van der Waals surface area contributed by atoms with Crippen molar-refractivity contribution in [2.45, 2.75) is 9.79 Å². The SMILES string of the molecule is COc1ncc(-c2cccc(-c3ccccc3S(N)(=O)=O)c2S(N)(=O)=O)cc1F. The van der Waals surface area contributed by atoms with E-state index in [1.807, 2.05) is 0 Å². The summed E-state index contributed by atoms with van der Waals surface area (Å²) in [7, 11) is -7.29. The molecule has 0 unspecified atom stereocenters. The average Bonchev–Trinajstić information content (AvgIpc) is 2.66. The zero-order valence-electron chi connectivity index (χ0n) is 15.0.